The molecule has 1 N–H and O–H groups in total. The predicted molar refractivity (Wildman–Crippen MR) is 111 cm³/mol. The van der Waals surface area contributed by atoms with Gasteiger partial charge in [0.1, 0.15) is 17.7 Å². The Hall–Kier alpha value is -3.54. The number of benzene rings is 2. The molecular weight excluding hydrogens is 366 g/mol. The van der Waals surface area contributed by atoms with E-state index < -0.39 is 6.17 Å². The number of ether oxygens (including phenoxy) is 2. The Bertz CT molecular complexity index is 1030. The average Bonchev–Trinajstić information content (AvgIpc) is 3.00. The third-order valence-corrected chi connectivity index (χ3v) is 5.06. The molecular formula is C23H23N3O3. The van der Waals surface area contributed by atoms with Gasteiger partial charge in [0, 0.05) is 12.7 Å². The van der Waals surface area contributed by atoms with Crippen molar-refractivity contribution in [2.24, 2.45) is 0 Å². The van der Waals surface area contributed by atoms with Gasteiger partial charge in [0.25, 0.3) is 5.91 Å². The number of carbonyl (C=O) groups is 1. The lowest BCUT2D eigenvalue weighted by Gasteiger charge is -2.27. The van der Waals surface area contributed by atoms with Crippen molar-refractivity contribution in [3.8, 4) is 11.5 Å². The minimum absolute atomic E-state index is 0.0481. The van der Waals surface area contributed by atoms with Crippen molar-refractivity contribution < 1.29 is 14.3 Å². The molecule has 6 nitrogen and oxygen atoms in total. The molecule has 1 aliphatic rings. The molecule has 0 saturated carbocycles. The van der Waals surface area contributed by atoms with E-state index in [0.717, 1.165) is 34.0 Å². The van der Waals surface area contributed by atoms with Crippen LogP contribution in [0.25, 0.3) is 0 Å². The number of nitrogens with one attached hydrogen (secondary N) is 1. The molecule has 2 aromatic carbocycles. The predicted octanol–water partition coefficient (Wildman–Crippen LogP) is 4.17. The Morgan fingerprint density at radius 3 is 2.59 bits per heavy atom. The van der Waals surface area contributed by atoms with E-state index in [9.17, 15) is 4.79 Å². The van der Waals surface area contributed by atoms with Crippen LogP contribution in [0.3, 0.4) is 0 Å². The summed E-state index contributed by atoms with van der Waals surface area (Å²) in [6.45, 7) is 2.47. The summed E-state index contributed by atoms with van der Waals surface area (Å²) in [6.07, 6.45) is 1.32. The van der Waals surface area contributed by atoms with Gasteiger partial charge in [0.15, 0.2) is 0 Å². The third-order valence-electron chi connectivity index (χ3n) is 5.06. The second kappa shape index (κ2) is 7.83. The number of hydrogen-bond acceptors (Lipinski definition) is 5. The number of fused-ring (bicyclic) bond motifs is 1. The van der Waals surface area contributed by atoms with Crippen molar-refractivity contribution >= 4 is 11.6 Å². The van der Waals surface area contributed by atoms with E-state index in [-0.39, 0.29) is 5.91 Å². The van der Waals surface area contributed by atoms with Crippen LogP contribution in [0.4, 0.5) is 5.69 Å². The van der Waals surface area contributed by atoms with Gasteiger partial charge in [-0.2, -0.15) is 0 Å². The number of aryl methyl sites for hydroxylation is 1. The molecule has 148 valence electrons. The van der Waals surface area contributed by atoms with Crippen LogP contribution < -0.4 is 14.8 Å². The van der Waals surface area contributed by atoms with Crippen molar-refractivity contribution in [1.82, 2.24) is 9.88 Å². The SMILES string of the molecule is COc1ccc(CN2C(=O)c3cccnc3C2Nc2cc(C)ccc2OC)cc1. The highest BCUT2D eigenvalue weighted by atomic mass is 16.5. The molecule has 6 heteroatoms. The van der Waals surface area contributed by atoms with E-state index in [2.05, 4.69) is 10.3 Å². The van der Waals surface area contributed by atoms with Crippen LogP contribution in [0.2, 0.25) is 0 Å². The lowest BCUT2D eigenvalue weighted by atomic mass is 10.1. The Morgan fingerprint density at radius 1 is 1.07 bits per heavy atom. The zero-order valence-corrected chi connectivity index (χ0v) is 16.7. The van der Waals surface area contributed by atoms with Gasteiger partial charge in [0.05, 0.1) is 31.2 Å². The van der Waals surface area contributed by atoms with Crippen LogP contribution in [0.5, 0.6) is 11.5 Å². The summed E-state index contributed by atoms with van der Waals surface area (Å²) in [7, 11) is 3.27. The maximum absolute atomic E-state index is 13.1. The van der Waals surface area contributed by atoms with Gasteiger partial charge in [-0.15, -0.1) is 0 Å². The van der Waals surface area contributed by atoms with E-state index in [0.29, 0.717) is 12.1 Å². The number of anilines is 1. The Kier molecular flexibility index (Phi) is 5.08. The number of rotatable bonds is 6. The highest BCUT2D eigenvalue weighted by molar-refractivity contribution is 5.99. The summed E-state index contributed by atoms with van der Waals surface area (Å²) in [5.41, 5.74) is 4.26. The zero-order valence-electron chi connectivity index (χ0n) is 16.7. The molecule has 2 heterocycles. The Balaban J connectivity index is 1.69. The minimum atomic E-state index is -0.392. The standard InChI is InChI=1S/C23H23N3O3/c1-15-6-11-20(29-3)19(13-15)25-22-21-18(5-4-12-24-21)23(27)26(22)14-16-7-9-17(28-2)10-8-16/h4-13,22,25H,14H2,1-3H3. The van der Waals surface area contributed by atoms with Crippen LogP contribution in [-0.2, 0) is 6.54 Å². The lowest BCUT2D eigenvalue weighted by molar-refractivity contribution is 0.0727. The maximum atomic E-state index is 13.1. The van der Waals surface area contributed by atoms with Gasteiger partial charge in [-0.1, -0.05) is 18.2 Å². The number of aromatic nitrogens is 1. The van der Waals surface area contributed by atoms with Gasteiger partial charge in [-0.05, 0) is 54.4 Å². The van der Waals surface area contributed by atoms with Gasteiger partial charge in [-0.3, -0.25) is 9.78 Å². The van der Waals surface area contributed by atoms with Crippen LogP contribution in [0.15, 0.2) is 60.8 Å². The summed E-state index contributed by atoms with van der Waals surface area (Å²) in [6, 6.07) is 17.3. The molecule has 3 aromatic rings. The number of nitrogens with zero attached hydrogens (tertiary/aromatic N) is 2. The molecule has 1 atom stereocenters. The Labute approximate surface area is 170 Å². The molecule has 0 bridgehead atoms. The lowest BCUT2D eigenvalue weighted by Crippen LogP contribution is -2.32. The average molecular weight is 389 g/mol. The highest BCUT2D eigenvalue weighted by Gasteiger charge is 2.38. The van der Waals surface area contributed by atoms with E-state index in [1.54, 1.807) is 31.4 Å². The summed E-state index contributed by atoms with van der Waals surface area (Å²) in [4.78, 5) is 19.4. The summed E-state index contributed by atoms with van der Waals surface area (Å²) in [5, 5.41) is 3.47. The molecule has 4 rings (SSSR count). The molecule has 1 aromatic heterocycles. The van der Waals surface area contributed by atoms with Gasteiger partial charge in [-0.25, -0.2) is 0 Å². The van der Waals surface area contributed by atoms with Crippen LogP contribution in [0, 0.1) is 6.92 Å². The summed E-state index contributed by atoms with van der Waals surface area (Å²) >= 11 is 0. The van der Waals surface area contributed by atoms with E-state index in [4.69, 9.17) is 9.47 Å². The molecule has 1 aliphatic heterocycles. The molecule has 0 radical (unpaired) electrons. The third kappa shape index (κ3) is 3.61. The fourth-order valence-corrected chi connectivity index (χ4v) is 3.55. The second-order valence-corrected chi connectivity index (χ2v) is 6.97. The number of amides is 1. The fourth-order valence-electron chi connectivity index (χ4n) is 3.55. The van der Waals surface area contributed by atoms with Gasteiger partial charge >= 0.3 is 0 Å². The van der Waals surface area contributed by atoms with Crippen molar-refractivity contribution in [2.75, 3.05) is 19.5 Å². The first-order valence-corrected chi connectivity index (χ1v) is 9.40. The summed E-state index contributed by atoms with van der Waals surface area (Å²) < 4.78 is 10.7. The zero-order chi connectivity index (χ0) is 20.4. The molecule has 0 fully saturated rings. The Morgan fingerprint density at radius 2 is 1.86 bits per heavy atom. The normalized spacial score (nSPS) is 15.2. The largest absolute Gasteiger partial charge is 0.497 e. The molecule has 0 spiro atoms. The fraction of sp³-hybridized carbons (Fsp3) is 0.217. The molecule has 0 aliphatic carbocycles. The van der Waals surface area contributed by atoms with Crippen molar-refractivity contribution in [1.29, 1.82) is 0 Å². The minimum Gasteiger partial charge on any atom is -0.497 e. The smallest absolute Gasteiger partial charge is 0.258 e. The van der Waals surface area contributed by atoms with E-state index in [1.165, 1.54) is 0 Å². The summed E-state index contributed by atoms with van der Waals surface area (Å²) in [5.74, 6) is 1.45. The first-order chi connectivity index (χ1) is 14.1. The molecule has 0 saturated heterocycles. The first kappa shape index (κ1) is 18.8. The van der Waals surface area contributed by atoms with Crippen molar-refractivity contribution in [2.45, 2.75) is 19.6 Å². The highest BCUT2D eigenvalue weighted by Crippen LogP contribution is 2.37. The van der Waals surface area contributed by atoms with Crippen molar-refractivity contribution in [3.63, 3.8) is 0 Å². The second-order valence-electron chi connectivity index (χ2n) is 6.97. The van der Waals surface area contributed by atoms with Crippen LogP contribution in [0.1, 0.15) is 33.3 Å². The number of hydrogen-bond donors (Lipinski definition) is 1. The topological polar surface area (TPSA) is 63.7 Å². The van der Waals surface area contributed by atoms with Crippen LogP contribution in [-0.4, -0.2) is 30.0 Å². The molecule has 29 heavy (non-hydrogen) atoms. The van der Waals surface area contributed by atoms with Gasteiger partial charge in [0.2, 0.25) is 0 Å². The number of methoxy groups -OCH3 is 2. The number of carbonyl (C=O) groups excluding carboxylic acids is 1. The molecule has 1 unspecified atom stereocenters. The van der Waals surface area contributed by atoms with Crippen molar-refractivity contribution in [3.05, 3.63) is 83.2 Å². The van der Waals surface area contributed by atoms with Gasteiger partial charge < -0.3 is 19.7 Å². The molecule has 1 amide bonds. The quantitative estimate of drug-likeness (QED) is 0.685. The van der Waals surface area contributed by atoms with E-state index in [1.807, 2.05) is 55.5 Å². The maximum Gasteiger partial charge on any atom is 0.258 e. The number of pyridine rings is 1. The monoisotopic (exact) mass is 389 g/mol. The van der Waals surface area contributed by atoms with E-state index >= 15 is 0 Å². The first-order valence-electron chi connectivity index (χ1n) is 9.40. The van der Waals surface area contributed by atoms with Crippen LogP contribution >= 0.6 is 0 Å².